The Morgan fingerprint density at radius 3 is 2.12 bits per heavy atom. The third kappa shape index (κ3) is 5.01. The average molecular weight is 624 g/mol. The van der Waals surface area contributed by atoms with E-state index in [1.807, 2.05) is 0 Å². The van der Waals surface area contributed by atoms with Crippen molar-refractivity contribution in [3.05, 3.63) is 106 Å². The van der Waals surface area contributed by atoms with Gasteiger partial charge in [0.1, 0.15) is 16.5 Å². The quantitative estimate of drug-likeness (QED) is 0.0827. The van der Waals surface area contributed by atoms with E-state index in [1.54, 1.807) is 25.1 Å². The molecule has 0 atom stereocenters. The minimum atomic E-state index is -5.08. The zero-order chi connectivity index (χ0) is 30.5. The molecule has 216 valence electrons. The molecule has 5 aromatic rings. The summed E-state index contributed by atoms with van der Waals surface area (Å²) in [5.74, 6) is -14.2. The number of fused-ring (bicyclic) bond motifs is 1. The Balaban J connectivity index is 1.62. The maximum atomic E-state index is 14.1. The number of methoxy groups -OCH3 is 1. The standard InChI is InChI=1S/C29H16ClF6NO4S/c1-13-23(20-10-21(30)19(11-22(20)40-2)14-4-3-5-16(31)8-14)18-7-6-17(9-15(18)12-37-13)42(38,39)41-29-27(35)25(33)24(32)26(34)28(29)36/h3-12H,1-2H3. The van der Waals surface area contributed by atoms with Gasteiger partial charge in [-0.3, -0.25) is 4.98 Å². The first kappa shape index (κ1) is 29.2. The molecule has 0 spiro atoms. The van der Waals surface area contributed by atoms with E-state index >= 15 is 0 Å². The van der Waals surface area contributed by atoms with Gasteiger partial charge in [-0.15, -0.1) is 0 Å². The molecule has 13 heteroatoms. The third-order valence-corrected chi connectivity index (χ3v) is 7.93. The number of hydrogen-bond acceptors (Lipinski definition) is 5. The highest BCUT2D eigenvalue weighted by molar-refractivity contribution is 7.87. The fraction of sp³-hybridized carbons (Fsp3) is 0.0690. The van der Waals surface area contributed by atoms with Crippen LogP contribution in [0.25, 0.3) is 33.0 Å². The topological polar surface area (TPSA) is 65.5 Å². The lowest BCUT2D eigenvalue weighted by atomic mass is 9.94. The molecule has 5 rings (SSSR count). The molecule has 0 saturated heterocycles. The van der Waals surface area contributed by atoms with Gasteiger partial charge in [0.05, 0.1) is 7.11 Å². The van der Waals surface area contributed by atoms with E-state index in [4.69, 9.17) is 16.3 Å². The highest BCUT2D eigenvalue weighted by Gasteiger charge is 2.31. The van der Waals surface area contributed by atoms with Crippen molar-refractivity contribution < 1.29 is 43.7 Å². The SMILES string of the molecule is COc1cc(-c2cccc(F)c2)c(Cl)cc1-c1c(C)ncc2cc(S(=O)(=O)Oc3c(F)c(F)c(F)c(F)c3F)ccc12. The molecule has 0 aliphatic heterocycles. The summed E-state index contributed by atoms with van der Waals surface area (Å²) in [5.41, 5.74) is 2.43. The highest BCUT2D eigenvalue weighted by Crippen LogP contribution is 2.43. The van der Waals surface area contributed by atoms with Crippen LogP contribution in [0.3, 0.4) is 0 Å². The summed E-state index contributed by atoms with van der Waals surface area (Å²) in [6.07, 6.45) is 1.32. The molecule has 0 saturated carbocycles. The summed E-state index contributed by atoms with van der Waals surface area (Å²) in [5, 5.41) is 0.916. The first-order valence-corrected chi connectivity index (χ1v) is 13.6. The third-order valence-electron chi connectivity index (χ3n) is 6.40. The number of rotatable bonds is 6. The predicted molar refractivity (Wildman–Crippen MR) is 143 cm³/mol. The van der Waals surface area contributed by atoms with Crippen molar-refractivity contribution in [1.29, 1.82) is 0 Å². The molecular formula is C29H16ClF6NO4S. The van der Waals surface area contributed by atoms with Gasteiger partial charge in [0.15, 0.2) is 0 Å². The van der Waals surface area contributed by atoms with Gasteiger partial charge in [-0.2, -0.15) is 17.2 Å². The Morgan fingerprint density at radius 1 is 0.810 bits per heavy atom. The van der Waals surface area contributed by atoms with E-state index in [2.05, 4.69) is 9.17 Å². The number of benzene rings is 4. The normalized spacial score (nSPS) is 11.6. The van der Waals surface area contributed by atoms with E-state index in [1.165, 1.54) is 37.6 Å². The molecule has 0 aliphatic rings. The van der Waals surface area contributed by atoms with Crippen molar-refractivity contribution in [2.45, 2.75) is 11.8 Å². The predicted octanol–water partition coefficient (Wildman–Crippen LogP) is 8.14. The number of hydrogen-bond donors (Lipinski definition) is 0. The van der Waals surface area contributed by atoms with Crippen molar-refractivity contribution in [3.8, 4) is 33.8 Å². The van der Waals surface area contributed by atoms with Gasteiger partial charge in [0.2, 0.25) is 34.8 Å². The van der Waals surface area contributed by atoms with Crippen molar-refractivity contribution in [2.24, 2.45) is 0 Å². The van der Waals surface area contributed by atoms with Gasteiger partial charge in [-0.05, 0) is 54.3 Å². The van der Waals surface area contributed by atoms with E-state index in [0.717, 1.165) is 12.1 Å². The molecule has 0 fully saturated rings. The van der Waals surface area contributed by atoms with Crippen LogP contribution in [0.5, 0.6) is 11.5 Å². The van der Waals surface area contributed by atoms with Crippen LogP contribution in [0.4, 0.5) is 26.3 Å². The number of nitrogens with zero attached hydrogens (tertiary/aromatic N) is 1. The Morgan fingerprint density at radius 2 is 1.48 bits per heavy atom. The fourth-order valence-electron chi connectivity index (χ4n) is 4.41. The number of ether oxygens (including phenoxy) is 1. The van der Waals surface area contributed by atoms with Crippen molar-refractivity contribution in [1.82, 2.24) is 4.98 Å². The van der Waals surface area contributed by atoms with Crippen LogP contribution >= 0.6 is 11.6 Å². The summed E-state index contributed by atoms with van der Waals surface area (Å²) in [6, 6.07) is 12.4. The number of pyridine rings is 1. The highest BCUT2D eigenvalue weighted by atomic mass is 35.5. The second-order valence-corrected chi connectivity index (χ2v) is 10.9. The molecule has 5 nitrogen and oxygen atoms in total. The summed E-state index contributed by atoms with van der Waals surface area (Å²) < 4.78 is 118. The van der Waals surface area contributed by atoms with Gasteiger partial charge in [0.25, 0.3) is 0 Å². The van der Waals surface area contributed by atoms with Crippen molar-refractivity contribution in [2.75, 3.05) is 7.11 Å². The van der Waals surface area contributed by atoms with E-state index in [-0.39, 0.29) is 10.4 Å². The average Bonchev–Trinajstić information content (AvgIpc) is 2.97. The molecule has 1 heterocycles. The summed E-state index contributed by atoms with van der Waals surface area (Å²) >= 11 is 6.59. The minimum absolute atomic E-state index is 0.213. The maximum Gasteiger partial charge on any atom is 0.339 e. The van der Waals surface area contributed by atoms with Gasteiger partial charge >= 0.3 is 10.1 Å². The molecule has 1 aromatic heterocycles. The molecule has 0 unspecified atom stereocenters. The summed E-state index contributed by atoms with van der Waals surface area (Å²) in [6.45, 7) is 1.68. The van der Waals surface area contributed by atoms with Crippen LogP contribution in [0, 0.1) is 41.8 Å². The van der Waals surface area contributed by atoms with Gasteiger partial charge in [-0.1, -0.05) is 29.8 Å². The Hall–Kier alpha value is -4.29. The van der Waals surface area contributed by atoms with E-state index < -0.39 is 55.7 Å². The first-order valence-electron chi connectivity index (χ1n) is 11.8. The molecule has 0 aliphatic carbocycles. The number of aromatic nitrogens is 1. The zero-order valence-corrected chi connectivity index (χ0v) is 23.0. The monoisotopic (exact) mass is 623 g/mol. The largest absolute Gasteiger partial charge is 0.496 e. The van der Waals surface area contributed by atoms with Crippen LogP contribution < -0.4 is 8.92 Å². The van der Waals surface area contributed by atoms with Gasteiger partial charge in [0, 0.05) is 39.0 Å². The van der Waals surface area contributed by atoms with Crippen LogP contribution in [0.15, 0.2) is 65.7 Å². The number of halogens is 7. The molecule has 0 N–H and O–H groups in total. The van der Waals surface area contributed by atoms with Gasteiger partial charge < -0.3 is 8.92 Å². The van der Waals surface area contributed by atoms with Crippen LogP contribution in [0.2, 0.25) is 5.02 Å². The van der Waals surface area contributed by atoms with E-state index in [9.17, 15) is 34.8 Å². The lowest BCUT2D eigenvalue weighted by Gasteiger charge is -2.17. The summed E-state index contributed by atoms with van der Waals surface area (Å²) in [7, 11) is -3.67. The molecule has 42 heavy (non-hydrogen) atoms. The van der Waals surface area contributed by atoms with Crippen molar-refractivity contribution >= 4 is 32.5 Å². The van der Waals surface area contributed by atoms with Crippen LogP contribution in [0.1, 0.15) is 5.69 Å². The van der Waals surface area contributed by atoms with E-state index in [0.29, 0.717) is 39.1 Å². The maximum absolute atomic E-state index is 14.1. The lowest BCUT2D eigenvalue weighted by molar-refractivity contribution is 0.346. The Bertz CT molecular complexity index is 1990. The smallest absolute Gasteiger partial charge is 0.339 e. The van der Waals surface area contributed by atoms with Crippen molar-refractivity contribution in [3.63, 3.8) is 0 Å². The lowest BCUT2D eigenvalue weighted by Crippen LogP contribution is -2.14. The molecular weight excluding hydrogens is 608 g/mol. The second kappa shape index (κ2) is 10.8. The fourth-order valence-corrected chi connectivity index (χ4v) is 5.65. The minimum Gasteiger partial charge on any atom is -0.496 e. The Labute approximate surface area is 240 Å². The second-order valence-electron chi connectivity index (χ2n) is 8.95. The van der Waals surface area contributed by atoms with Crippen LogP contribution in [-0.2, 0) is 10.1 Å². The molecule has 0 radical (unpaired) electrons. The zero-order valence-electron chi connectivity index (χ0n) is 21.4. The molecule has 0 amide bonds. The number of aryl methyl sites for hydroxylation is 1. The molecule has 0 bridgehead atoms. The first-order chi connectivity index (χ1) is 19.8. The van der Waals surface area contributed by atoms with Gasteiger partial charge in [-0.25, -0.2) is 17.6 Å². The Kier molecular flexibility index (Phi) is 7.54. The molecule has 4 aromatic carbocycles. The van der Waals surface area contributed by atoms with Crippen LogP contribution in [-0.4, -0.2) is 20.5 Å². The summed E-state index contributed by atoms with van der Waals surface area (Å²) in [4.78, 5) is 3.65.